The number of thioether (sulfide) groups is 1. The van der Waals surface area contributed by atoms with E-state index >= 15 is 0 Å². The van der Waals surface area contributed by atoms with Gasteiger partial charge in [0.15, 0.2) is 0 Å². The van der Waals surface area contributed by atoms with Crippen LogP contribution in [0.2, 0.25) is 11.6 Å². The van der Waals surface area contributed by atoms with Gasteiger partial charge in [0.2, 0.25) is 0 Å². The average Bonchev–Trinajstić information content (AvgIpc) is 1.98. The van der Waals surface area contributed by atoms with E-state index in [1.807, 2.05) is 11.8 Å². The summed E-state index contributed by atoms with van der Waals surface area (Å²) in [5.74, 6) is 4.40. The zero-order chi connectivity index (χ0) is 8.85. The third-order valence-corrected chi connectivity index (χ3v) is 7.92. The van der Waals surface area contributed by atoms with Gasteiger partial charge in [-0.25, -0.2) is 0 Å². The Labute approximate surface area is 91.2 Å². The van der Waals surface area contributed by atoms with E-state index in [9.17, 15) is 0 Å². The second kappa shape index (κ2) is 6.88. The van der Waals surface area contributed by atoms with E-state index < -0.39 is 0 Å². The van der Waals surface area contributed by atoms with Gasteiger partial charge in [-0.3, -0.25) is 0 Å². The molecule has 0 aromatic rings. The van der Waals surface area contributed by atoms with Crippen molar-refractivity contribution in [1.82, 2.24) is 0 Å². The molecule has 0 aromatic carbocycles. The third kappa shape index (κ3) is 5.63. The van der Waals surface area contributed by atoms with Crippen molar-refractivity contribution in [2.45, 2.75) is 30.7 Å². The van der Waals surface area contributed by atoms with Crippen LogP contribution < -0.4 is 0 Å². The Bertz CT molecular complexity index is 145. The molecule has 0 nitrogen and oxygen atoms in total. The molecule has 66 valence electrons. The monoisotopic (exact) mass is 324 g/mol. The molecule has 4 heteroatoms. The fourth-order valence-corrected chi connectivity index (χ4v) is 6.68. The standard InChI is InChI=1S/C7H13ClSSe2/c1-5(2)9-7(11-4)6(8)10-3/h5H,1-4H3/b7-6+. The first-order chi connectivity index (χ1) is 5.11. The summed E-state index contributed by atoms with van der Waals surface area (Å²) in [6, 6.07) is 0. The van der Waals surface area contributed by atoms with E-state index in [0.29, 0.717) is 35.2 Å². The molecule has 0 aliphatic carbocycles. The molecule has 0 bridgehead atoms. The maximum absolute atomic E-state index is 6.08. The molecule has 0 atom stereocenters. The third-order valence-electron chi connectivity index (χ3n) is 0.868. The number of halogens is 1. The van der Waals surface area contributed by atoms with Gasteiger partial charge in [0.05, 0.1) is 0 Å². The Morgan fingerprint density at radius 3 is 2.09 bits per heavy atom. The normalized spacial score (nSPS) is 13.6. The molecule has 0 N–H and O–H groups in total. The minimum absolute atomic E-state index is 0.483. The van der Waals surface area contributed by atoms with Crippen molar-refractivity contribution < 1.29 is 0 Å². The first-order valence-electron chi connectivity index (χ1n) is 3.26. The van der Waals surface area contributed by atoms with Crippen molar-refractivity contribution in [1.29, 1.82) is 0 Å². The van der Waals surface area contributed by atoms with Gasteiger partial charge in [0, 0.05) is 0 Å². The summed E-state index contributed by atoms with van der Waals surface area (Å²) in [6.07, 6.45) is 0. The van der Waals surface area contributed by atoms with Crippen LogP contribution in [0.15, 0.2) is 7.73 Å². The summed E-state index contributed by atoms with van der Waals surface area (Å²) in [5.41, 5.74) is 0. The van der Waals surface area contributed by atoms with Gasteiger partial charge in [-0.2, -0.15) is 0 Å². The van der Waals surface area contributed by atoms with Gasteiger partial charge in [0.25, 0.3) is 0 Å². The van der Waals surface area contributed by atoms with Crippen molar-refractivity contribution in [3.05, 3.63) is 7.73 Å². The van der Waals surface area contributed by atoms with Gasteiger partial charge in [-0.05, 0) is 0 Å². The summed E-state index contributed by atoms with van der Waals surface area (Å²) >= 11 is 9.06. The maximum atomic E-state index is 6.08. The zero-order valence-corrected chi connectivity index (χ0v) is 12.2. The molecule has 0 fully saturated rings. The summed E-state index contributed by atoms with van der Waals surface area (Å²) < 4.78 is 2.57. The van der Waals surface area contributed by atoms with E-state index in [0.717, 1.165) is 3.93 Å². The summed E-state index contributed by atoms with van der Waals surface area (Å²) in [4.78, 5) is 0. The van der Waals surface area contributed by atoms with E-state index in [4.69, 9.17) is 11.6 Å². The van der Waals surface area contributed by atoms with Gasteiger partial charge in [-0.1, -0.05) is 0 Å². The fraction of sp³-hybridized carbons (Fsp3) is 0.714. The van der Waals surface area contributed by atoms with Crippen LogP contribution in [0.3, 0.4) is 0 Å². The van der Waals surface area contributed by atoms with Gasteiger partial charge in [-0.15, -0.1) is 0 Å². The summed E-state index contributed by atoms with van der Waals surface area (Å²) in [5, 5.41) is 0.669. The number of rotatable bonds is 4. The molecule has 11 heavy (non-hydrogen) atoms. The van der Waals surface area contributed by atoms with Crippen molar-refractivity contribution in [2.75, 3.05) is 0 Å². The van der Waals surface area contributed by atoms with Crippen LogP contribution >= 0.6 is 23.4 Å². The molecular weight excluding hydrogens is 310 g/mol. The average molecular weight is 323 g/mol. The summed E-state index contributed by atoms with van der Waals surface area (Å²) in [6.45, 7) is 4.42. The Hall–Kier alpha value is 1.42. The second-order valence-electron chi connectivity index (χ2n) is 2.14. The van der Waals surface area contributed by atoms with Crippen LogP contribution in [0.5, 0.6) is 0 Å². The Kier molecular flexibility index (Phi) is 7.77. The van der Waals surface area contributed by atoms with Gasteiger partial charge < -0.3 is 0 Å². The van der Waals surface area contributed by atoms with E-state index in [1.165, 1.54) is 3.80 Å². The van der Waals surface area contributed by atoms with Crippen molar-refractivity contribution in [3.63, 3.8) is 0 Å². The topological polar surface area (TPSA) is 0 Å². The fourth-order valence-electron chi connectivity index (χ4n) is 0.472. The summed E-state index contributed by atoms with van der Waals surface area (Å²) in [7, 11) is 0. The molecule has 0 amide bonds. The number of hydrogen-bond acceptors (Lipinski definition) is 1. The van der Waals surface area contributed by atoms with Gasteiger partial charge in [0.1, 0.15) is 0 Å². The molecule has 0 saturated carbocycles. The van der Waals surface area contributed by atoms with E-state index in [1.54, 1.807) is 0 Å². The molecule has 0 aromatic heterocycles. The predicted octanol–water partition coefficient (Wildman–Crippen LogP) is 3.00. The second-order valence-corrected chi connectivity index (χ2v) is 8.62. The molecule has 0 heterocycles. The van der Waals surface area contributed by atoms with Crippen LogP contribution in [0.25, 0.3) is 0 Å². The van der Waals surface area contributed by atoms with E-state index in [-0.39, 0.29) is 0 Å². The first-order valence-corrected chi connectivity index (χ1v) is 9.66. The quantitative estimate of drug-likeness (QED) is 0.717. The molecule has 0 unspecified atom stereocenters. The molecule has 0 rings (SSSR count). The predicted molar refractivity (Wildman–Crippen MR) is 58.8 cm³/mol. The Morgan fingerprint density at radius 2 is 1.82 bits per heavy atom. The Balaban J connectivity index is 4.14. The van der Waals surface area contributed by atoms with Crippen LogP contribution in [0.1, 0.15) is 13.8 Å². The molecular formula is C7H13ClSSe2. The first kappa shape index (κ1) is 12.4. The van der Waals surface area contributed by atoms with Crippen molar-refractivity contribution in [2.24, 2.45) is 0 Å². The zero-order valence-electron chi connectivity index (χ0n) is 7.18. The molecule has 0 saturated heterocycles. The van der Waals surface area contributed by atoms with E-state index in [2.05, 4.69) is 25.5 Å². The van der Waals surface area contributed by atoms with Crippen LogP contribution in [0, 0.1) is 0 Å². The van der Waals surface area contributed by atoms with Crippen LogP contribution in [0.4, 0.5) is 0 Å². The van der Waals surface area contributed by atoms with Crippen molar-refractivity contribution in [3.8, 4) is 0 Å². The van der Waals surface area contributed by atoms with Crippen LogP contribution in [-0.4, -0.2) is 35.2 Å². The molecule has 0 aliphatic heterocycles. The van der Waals surface area contributed by atoms with Crippen molar-refractivity contribution >= 4 is 53.3 Å². The SMILES string of the molecule is C[Se]/C(Cl)=C(\SC(C)C)[Se]C. The van der Waals surface area contributed by atoms with Crippen LogP contribution in [-0.2, 0) is 0 Å². The molecule has 0 radical (unpaired) electrons. The number of hydrogen-bond donors (Lipinski definition) is 0. The Morgan fingerprint density at radius 1 is 1.27 bits per heavy atom. The molecule has 0 spiro atoms. The molecule has 0 aliphatic rings. The van der Waals surface area contributed by atoms with Gasteiger partial charge >= 0.3 is 91.8 Å². The minimum atomic E-state index is 0.483.